The lowest BCUT2D eigenvalue weighted by atomic mass is 10.4. The highest BCUT2D eigenvalue weighted by Gasteiger charge is 1.98. The van der Waals surface area contributed by atoms with Crippen molar-refractivity contribution in [2.24, 2.45) is 7.05 Å². The number of hydrogen-bond acceptors (Lipinski definition) is 4. The highest BCUT2D eigenvalue weighted by Crippen LogP contribution is 1.95. The second kappa shape index (κ2) is 4.01. The van der Waals surface area contributed by atoms with Gasteiger partial charge in [-0.3, -0.25) is 9.78 Å². The van der Waals surface area contributed by atoms with E-state index in [4.69, 9.17) is 0 Å². The molecule has 2 rings (SSSR count). The van der Waals surface area contributed by atoms with E-state index in [1.165, 1.54) is 6.33 Å². The van der Waals surface area contributed by atoms with Gasteiger partial charge in [-0.15, -0.1) is 0 Å². The maximum absolute atomic E-state index is 4.07. The fourth-order valence-corrected chi connectivity index (χ4v) is 1.20. The third kappa shape index (κ3) is 1.97. The topological polar surface area (TPSA) is 71.4 Å². The molecule has 6 heteroatoms. The summed E-state index contributed by atoms with van der Waals surface area (Å²) in [7, 11) is 1.92. The first kappa shape index (κ1) is 8.89. The molecule has 0 spiro atoms. The van der Waals surface area contributed by atoms with Crippen LogP contribution >= 0.6 is 0 Å². The quantitative estimate of drug-likeness (QED) is 0.705. The maximum Gasteiger partial charge on any atom is 0.138 e. The van der Waals surface area contributed by atoms with E-state index in [2.05, 4.69) is 25.6 Å². The predicted molar refractivity (Wildman–Crippen MR) is 50.1 cm³/mol. The Balaban J connectivity index is 1.81. The van der Waals surface area contributed by atoms with Crippen molar-refractivity contribution in [3.8, 4) is 0 Å². The normalized spacial score (nSPS) is 10.6. The minimum absolute atomic E-state index is 0.686. The van der Waals surface area contributed by atoms with E-state index in [1.807, 2.05) is 17.8 Å². The molecule has 0 bridgehead atoms. The first-order valence-electron chi connectivity index (χ1n) is 4.38. The zero-order chi connectivity index (χ0) is 9.80. The Bertz CT molecular complexity index is 376. The molecule has 0 amide bonds. The molecule has 0 atom stereocenters. The van der Waals surface area contributed by atoms with Crippen LogP contribution in [-0.2, 0) is 20.1 Å². The van der Waals surface area contributed by atoms with Crippen LogP contribution in [-0.4, -0.2) is 25.0 Å². The summed E-state index contributed by atoms with van der Waals surface area (Å²) in [6.07, 6.45) is 3.28. The lowest BCUT2D eigenvalue weighted by Gasteiger charge is -2.02. The standard InChI is InChI=1S/C8H12N6/c1-14-7(2-3-12-14)4-9-5-8-10-6-11-13-8/h2-3,6,9H,4-5H2,1H3,(H,10,11,13). The number of aromatic amines is 1. The summed E-state index contributed by atoms with van der Waals surface area (Å²) in [5.41, 5.74) is 1.14. The van der Waals surface area contributed by atoms with Gasteiger partial charge in [0.1, 0.15) is 12.2 Å². The second-order valence-electron chi connectivity index (χ2n) is 2.98. The first-order valence-corrected chi connectivity index (χ1v) is 4.38. The van der Waals surface area contributed by atoms with Gasteiger partial charge in [-0.05, 0) is 6.07 Å². The minimum atomic E-state index is 0.686. The zero-order valence-corrected chi connectivity index (χ0v) is 7.94. The summed E-state index contributed by atoms with van der Waals surface area (Å²) in [4.78, 5) is 4.01. The molecule has 0 fully saturated rings. The molecular formula is C8H12N6. The smallest absolute Gasteiger partial charge is 0.138 e. The Morgan fingerprint density at radius 2 is 2.43 bits per heavy atom. The lowest BCUT2D eigenvalue weighted by Crippen LogP contribution is -2.16. The van der Waals surface area contributed by atoms with E-state index in [9.17, 15) is 0 Å². The van der Waals surface area contributed by atoms with Crippen molar-refractivity contribution in [3.05, 3.63) is 30.1 Å². The zero-order valence-electron chi connectivity index (χ0n) is 7.94. The van der Waals surface area contributed by atoms with E-state index < -0.39 is 0 Å². The summed E-state index contributed by atoms with van der Waals surface area (Å²) >= 11 is 0. The second-order valence-corrected chi connectivity index (χ2v) is 2.98. The molecule has 2 N–H and O–H groups in total. The Morgan fingerprint density at radius 3 is 3.07 bits per heavy atom. The van der Waals surface area contributed by atoms with E-state index in [0.717, 1.165) is 18.1 Å². The Kier molecular flexibility index (Phi) is 2.55. The SMILES string of the molecule is Cn1nccc1CNCc1ncn[nH]1. The van der Waals surface area contributed by atoms with Crippen LogP contribution in [0.5, 0.6) is 0 Å². The molecule has 0 saturated heterocycles. The van der Waals surface area contributed by atoms with Crippen LogP contribution in [0.4, 0.5) is 0 Å². The lowest BCUT2D eigenvalue weighted by molar-refractivity contribution is 0.612. The van der Waals surface area contributed by atoms with Gasteiger partial charge in [0.15, 0.2) is 0 Å². The molecule has 6 nitrogen and oxygen atoms in total. The minimum Gasteiger partial charge on any atom is -0.304 e. The summed E-state index contributed by atoms with van der Waals surface area (Å²) in [6.45, 7) is 1.46. The summed E-state index contributed by atoms with van der Waals surface area (Å²) < 4.78 is 1.84. The fourth-order valence-electron chi connectivity index (χ4n) is 1.20. The molecule has 0 unspecified atom stereocenters. The number of aryl methyl sites for hydroxylation is 1. The van der Waals surface area contributed by atoms with Crippen LogP contribution in [0, 0.1) is 0 Å². The van der Waals surface area contributed by atoms with Gasteiger partial charge in [0.25, 0.3) is 0 Å². The Hall–Kier alpha value is -1.69. The third-order valence-corrected chi connectivity index (χ3v) is 1.99. The van der Waals surface area contributed by atoms with E-state index in [1.54, 1.807) is 6.20 Å². The molecular weight excluding hydrogens is 180 g/mol. The molecule has 14 heavy (non-hydrogen) atoms. The average Bonchev–Trinajstić information content (AvgIpc) is 2.78. The summed E-state index contributed by atoms with van der Waals surface area (Å²) in [5.74, 6) is 0.840. The van der Waals surface area contributed by atoms with Crippen molar-refractivity contribution in [1.29, 1.82) is 0 Å². The highest BCUT2D eigenvalue weighted by atomic mass is 15.3. The van der Waals surface area contributed by atoms with Crippen molar-refractivity contribution in [2.45, 2.75) is 13.1 Å². The van der Waals surface area contributed by atoms with Gasteiger partial charge >= 0.3 is 0 Å². The van der Waals surface area contributed by atoms with Gasteiger partial charge in [0.2, 0.25) is 0 Å². The largest absolute Gasteiger partial charge is 0.304 e. The molecule has 2 aromatic heterocycles. The molecule has 74 valence electrons. The molecule has 0 saturated carbocycles. The van der Waals surface area contributed by atoms with Crippen molar-refractivity contribution >= 4 is 0 Å². The van der Waals surface area contributed by atoms with Gasteiger partial charge in [0.05, 0.1) is 12.2 Å². The third-order valence-electron chi connectivity index (χ3n) is 1.99. The average molecular weight is 192 g/mol. The van der Waals surface area contributed by atoms with Crippen LogP contribution in [0.1, 0.15) is 11.5 Å². The Morgan fingerprint density at radius 1 is 1.50 bits per heavy atom. The van der Waals surface area contributed by atoms with E-state index in [-0.39, 0.29) is 0 Å². The van der Waals surface area contributed by atoms with E-state index in [0.29, 0.717) is 6.54 Å². The number of H-pyrrole nitrogens is 1. The van der Waals surface area contributed by atoms with Gasteiger partial charge in [-0.1, -0.05) is 0 Å². The van der Waals surface area contributed by atoms with Gasteiger partial charge in [-0.25, -0.2) is 4.98 Å². The van der Waals surface area contributed by atoms with Crippen molar-refractivity contribution in [3.63, 3.8) is 0 Å². The highest BCUT2D eigenvalue weighted by molar-refractivity contribution is 4.99. The van der Waals surface area contributed by atoms with Gasteiger partial charge < -0.3 is 5.32 Å². The predicted octanol–water partition coefficient (Wildman–Crippen LogP) is -0.172. The van der Waals surface area contributed by atoms with Gasteiger partial charge in [-0.2, -0.15) is 10.2 Å². The molecule has 2 aromatic rings. The van der Waals surface area contributed by atoms with Crippen LogP contribution in [0.25, 0.3) is 0 Å². The van der Waals surface area contributed by atoms with Crippen molar-refractivity contribution < 1.29 is 0 Å². The van der Waals surface area contributed by atoms with Crippen LogP contribution in [0.2, 0.25) is 0 Å². The van der Waals surface area contributed by atoms with E-state index >= 15 is 0 Å². The number of nitrogens with zero attached hydrogens (tertiary/aromatic N) is 4. The summed E-state index contributed by atoms with van der Waals surface area (Å²) in [6, 6.07) is 1.98. The van der Waals surface area contributed by atoms with Crippen LogP contribution < -0.4 is 5.32 Å². The molecule has 0 aromatic carbocycles. The Labute approximate surface area is 81.4 Å². The van der Waals surface area contributed by atoms with Crippen LogP contribution in [0.3, 0.4) is 0 Å². The summed E-state index contributed by atoms with van der Waals surface area (Å²) in [5, 5.41) is 13.9. The van der Waals surface area contributed by atoms with Gasteiger partial charge in [0, 0.05) is 19.8 Å². The maximum atomic E-state index is 4.07. The number of rotatable bonds is 4. The molecule has 0 aliphatic rings. The number of hydrogen-bond donors (Lipinski definition) is 2. The molecule has 0 aliphatic heterocycles. The fraction of sp³-hybridized carbons (Fsp3) is 0.375. The molecule has 0 radical (unpaired) electrons. The van der Waals surface area contributed by atoms with Crippen molar-refractivity contribution in [1.82, 2.24) is 30.3 Å². The first-order chi connectivity index (χ1) is 6.86. The van der Waals surface area contributed by atoms with Crippen LogP contribution in [0.15, 0.2) is 18.6 Å². The molecule has 2 heterocycles. The number of nitrogens with one attached hydrogen (secondary N) is 2. The van der Waals surface area contributed by atoms with Crippen molar-refractivity contribution in [2.75, 3.05) is 0 Å². The monoisotopic (exact) mass is 192 g/mol. The number of aromatic nitrogens is 5. The molecule has 0 aliphatic carbocycles.